The summed E-state index contributed by atoms with van der Waals surface area (Å²) in [5, 5.41) is 14.5. The van der Waals surface area contributed by atoms with E-state index in [9.17, 15) is 19.5 Å². The molecule has 1 aromatic rings. The van der Waals surface area contributed by atoms with Crippen molar-refractivity contribution in [2.24, 2.45) is 0 Å². The van der Waals surface area contributed by atoms with Crippen molar-refractivity contribution < 1.29 is 43.2 Å². The van der Waals surface area contributed by atoms with E-state index in [0.717, 1.165) is 11.1 Å². The molecule has 0 radical (unpaired) electrons. The second kappa shape index (κ2) is 14.4. The lowest BCUT2D eigenvalue weighted by Gasteiger charge is -2.59. The SMILES string of the molecule is COc1cc2cc(c1Cl)N(C)C(=O)CC(OC(=O)[C@H](C)N(C)C(C)C)C1(C)CC(C)(O1)C1CC(O)(NC(=O)O1)C(OC)/C=C/C=C(\C)C2. The zero-order valence-corrected chi connectivity index (χ0v) is 30.3. The lowest BCUT2D eigenvalue weighted by atomic mass is 9.72. The van der Waals surface area contributed by atoms with E-state index >= 15 is 0 Å². The van der Waals surface area contributed by atoms with Crippen LogP contribution in [0.3, 0.4) is 0 Å². The number of rotatable bonds is 6. The maximum atomic E-state index is 14.0. The molecule has 48 heavy (non-hydrogen) atoms. The molecule has 2 fully saturated rings. The molecule has 4 aliphatic heterocycles. The predicted octanol–water partition coefficient (Wildman–Crippen LogP) is 4.54. The molecule has 0 saturated carbocycles. The molecule has 0 spiro atoms. The molecule has 2 amide bonds. The molecule has 12 nitrogen and oxygen atoms in total. The lowest BCUT2D eigenvalue weighted by molar-refractivity contribution is -0.328. The van der Waals surface area contributed by atoms with Gasteiger partial charge in [0.25, 0.3) is 0 Å². The molecule has 6 unspecified atom stereocenters. The molecule has 2 saturated heterocycles. The minimum absolute atomic E-state index is 0.0522. The van der Waals surface area contributed by atoms with Crippen LogP contribution >= 0.6 is 11.6 Å². The third kappa shape index (κ3) is 7.68. The van der Waals surface area contributed by atoms with E-state index in [0.29, 0.717) is 17.9 Å². The molecule has 0 aliphatic carbocycles. The number of fused-ring (bicyclic) bond motifs is 6. The van der Waals surface area contributed by atoms with E-state index in [1.807, 2.05) is 50.9 Å². The molecule has 266 valence electrons. The Hall–Kier alpha value is -3.16. The molecule has 4 heterocycles. The Morgan fingerprint density at radius 2 is 1.85 bits per heavy atom. The van der Waals surface area contributed by atoms with Gasteiger partial charge in [0.15, 0.2) is 5.72 Å². The fourth-order valence-electron chi connectivity index (χ4n) is 6.75. The van der Waals surface area contributed by atoms with Crippen LogP contribution in [0, 0.1) is 0 Å². The quantitative estimate of drug-likeness (QED) is 0.410. The summed E-state index contributed by atoms with van der Waals surface area (Å²) in [4.78, 5) is 43.6. The highest BCUT2D eigenvalue weighted by Crippen LogP contribution is 2.50. The predicted molar refractivity (Wildman–Crippen MR) is 181 cm³/mol. The van der Waals surface area contributed by atoms with Crippen molar-refractivity contribution in [2.75, 3.05) is 33.2 Å². The number of alkyl carbamates (subject to hydrolysis) is 1. The third-order valence-corrected chi connectivity index (χ3v) is 10.3. The van der Waals surface area contributed by atoms with Crippen molar-refractivity contribution in [1.29, 1.82) is 0 Å². The fourth-order valence-corrected chi connectivity index (χ4v) is 7.06. The first kappa shape index (κ1) is 37.7. The summed E-state index contributed by atoms with van der Waals surface area (Å²) in [7, 11) is 6.39. The van der Waals surface area contributed by atoms with Gasteiger partial charge in [-0.3, -0.25) is 19.8 Å². The first-order valence-electron chi connectivity index (χ1n) is 16.2. The number of carbonyl (C=O) groups excluding carboxylic acids is 3. The Morgan fingerprint density at radius 1 is 1.19 bits per heavy atom. The van der Waals surface area contributed by atoms with Gasteiger partial charge in [-0.05, 0) is 72.7 Å². The van der Waals surface area contributed by atoms with Crippen LogP contribution in [-0.2, 0) is 35.0 Å². The third-order valence-electron chi connectivity index (χ3n) is 9.89. The number of hydrogen-bond donors (Lipinski definition) is 2. The highest BCUT2D eigenvalue weighted by Gasteiger charge is 2.63. The minimum atomic E-state index is -1.81. The van der Waals surface area contributed by atoms with Gasteiger partial charge < -0.3 is 33.7 Å². The summed E-state index contributed by atoms with van der Waals surface area (Å²) >= 11 is 6.74. The molecule has 5 rings (SSSR count). The Bertz CT molecular complexity index is 1460. The highest BCUT2D eigenvalue weighted by molar-refractivity contribution is 6.35. The number of nitrogens with zero attached hydrogens (tertiary/aromatic N) is 2. The van der Waals surface area contributed by atoms with Crippen LogP contribution in [0.4, 0.5) is 10.5 Å². The number of carbonyl (C=O) groups is 3. The van der Waals surface area contributed by atoms with Crippen molar-refractivity contribution in [2.45, 2.75) is 115 Å². The van der Waals surface area contributed by atoms with Gasteiger partial charge in [-0.2, -0.15) is 0 Å². The maximum Gasteiger partial charge on any atom is 0.409 e. The average molecular weight is 692 g/mol. The van der Waals surface area contributed by atoms with E-state index in [4.69, 9.17) is 35.3 Å². The Labute approximate surface area is 288 Å². The number of esters is 1. The number of aliphatic hydroxyl groups is 1. The summed E-state index contributed by atoms with van der Waals surface area (Å²) in [6, 6.07) is 3.10. The van der Waals surface area contributed by atoms with Gasteiger partial charge in [-0.15, -0.1) is 0 Å². The average Bonchev–Trinajstić information content (AvgIpc) is 3.00. The summed E-state index contributed by atoms with van der Waals surface area (Å²) in [6.45, 7) is 11.2. The summed E-state index contributed by atoms with van der Waals surface area (Å²) < 4.78 is 29.5. The smallest absolute Gasteiger partial charge is 0.409 e. The number of methoxy groups -OCH3 is 2. The zero-order chi connectivity index (χ0) is 35.8. The van der Waals surface area contributed by atoms with Crippen LogP contribution in [-0.4, -0.2) is 104 Å². The second-order valence-corrected chi connectivity index (χ2v) is 14.3. The summed E-state index contributed by atoms with van der Waals surface area (Å²) in [5.41, 5.74) is -1.80. The number of halogens is 1. The Morgan fingerprint density at radius 3 is 2.46 bits per heavy atom. The van der Waals surface area contributed by atoms with Crippen LogP contribution in [0.25, 0.3) is 0 Å². The van der Waals surface area contributed by atoms with Gasteiger partial charge in [-0.25, -0.2) is 4.79 Å². The van der Waals surface area contributed by atoms with E-state index in [2.05, 4.69) is 5.32 Å². The van der Waals surface area contributed by atoms with Crippen LogP contribution in [0.15, 0.2) is 35.9 Å². The number of anilines is 1. The lowest BCUT2D eigenvalue weighted by Crippen LogP contribution is -2.72. The summed E-state index contributed by atoms with van der Waals surface area (Å²) in [6.07, 6.45) is 2.11. The number of benzene rings is 1. The Kier molecular flexibility index (Phi) is 11.3. The minimum Gasteiger partial charge on any atom is -0.495 e. The van der Waals surface area contributed by atoms with E-state index in [1.165, 1.54) is 19.1 Å². The summed E-state index contributed by atoms with van der Waals surface area (Å²) in [5.74, 6) is -0.470. The van der Waals surface area contributed by atoms with Gasteiger partial charge in [0.05, 0.1) is 19.2 Å². The van der Waals surface area contributed by atoms with Gasteiger partial charge >= 0.3 is 12.1 Å². The number of likely N-dealkylation sites (N-methyl/N-ethyl adjacent to an activating group) is 1. The largest absolute Gasteiger partial charge is 0.495 e. The van der Waals surface area contributed by atoms with E-state index in [-0.39, 0.29) is 36.2 Å². The monoisotopic (exact) mass is 691 g/mol. The zero-order valence-electron chi connectivity index (χ0n) is 29.6. The van der Waals surface area contributed by atoms with Gasteiger partial charge in [0.1, 0.15) is 46.3 Å². The second-order valence-electron chi connectivity index (χ2n) is 13.9. The number of nitrogens with one attached hydrogen (secondary N) is 1. The first-order valence-corrected chi connectivity index (χ1v) is 16.6. The molecular weight excluding hydrogens is 642 g/mol. The molecule has 13 heteroatoms. The van der Waals surface area contributed by atoms with Crippen LogP contribution < -0.4 is 15.0 Å². The first-order chi connectivity index (χ1) is 22.4. The number of hydrogen-bond acceptors (Lipinski definition) is 10. The molecule has 2 N–H and O–H groups in total. The number of allylic oxidation sites excluding steroid dienone is 3. The molecular formula is C35H50ClN3O9. The molecule has 1 aromatic carbocycles. The van der Waals surface area contributed by atoms with Crippen molar-refractivity contribution in [1.82, 2.24) is 10.2 Å². The van der Waals surface area contributed by atoms with Crippen molar-refractivity contribution in [3.05, 3.63) is 46.5 Å². The standard InChI is InChI=1S/C35H50ClN3O9/c1-20(2)38(7)22(4)31(41)46-27-17-29(40)39(8)24-15-23(16-25(44-9)30(24)36)14-21(3)12-11-13-26(45-10)35(43)18-28(47-32(42)37-35)34(6)19-33(27,5)48-34/h11-13,15-16,20,22,26-28,43H,14,17-19H2,1-10H3,(H,37,42)/b13-11+,21-12+/t22-,26?,27?,28?,33?,34?,35?/m0/s1. The van der Waals surface area contributed by atoms with Crippen LogP contribution in [0.1, 0.15) is 66.4 Å². The molecule has 4 aliphatic rings. The van der Waals surface area contributed by atoms with Crippen molar-refractivity contribution in [3.63, 3.8) is 0 Å². The van der Waals surface area contributed by atoms with Crippen LogP contribution in [0.2, 0.25) is 5.02 Å². The van der Waals surface area contributed by atoms with Gasteiger partial charge in [-0.1, -0.05) is 35.4 Å². The Balaban J connectivity index is 1.80. The maximum absolute atomic E-state index is 14.0. The topological polar surface area (TPSA) is 136 Å². The van der Waals surface area contributed by atoms with Gasteiger partial charge in [0.2, 0.25) is 5.91 Å². The van der Waals surface area contributed by atoms with Crippen molar-refractivity contribution >= 4 is 35.3 Å². The normalized spacial score (nSPS) is 33.6. The molecule has 0 aromatic heterocycles. The van der Waals surface area contributed by atoms with Crippen LogP contribution in [0.5, 0.6) is 5.75 Å². The number of ether oxygens (including phenoxy) is 5. The van der Waals surface area contributed by atoms with Crippen molar-refractivity contribution in [3.8, 4) is 5.75 Å². The molecule has 7 atom stereocenters. The van der Waals surface area contributed by atoms with E-state index in [1.54, 1.807) is 40.0 Å². The van der Waals surface area contributed by atoms with E-state index < -0.39 is 53.3 Å². The molecule has 6 bridgehead atoms. The number of amides is 2. The fraction of sp³-hybridized carbons (Fsp3) is 0.629. The van der Waals surface area contributed by atoms with Gasteiger partial charge in [0, 0.05) is 33.0 Å². The highest BCUT2D eigenvalue weighted by atomic mass is 35.5.